The first-order valence-corrected chi connectivity index (χ1v) is 12.7. The number of aliphatic carboxylic acids is 1. The van der Waals surface area contributed by atoms with Gasteiger partial charge in [0, 0.05) is 10.8 Å². The third-order valence-electron chi connectivity index (χ3n) is 6.79. The molecule has 2 amide bonds. The van der Waals surface area contributed by atoms with Crippen LogP contribution in [0, 0.1) is 5.82 Å². The second-order valence-corrected chi connectivity index (χ2v) is 9.12. The molecule has 8 heteroatoms. The molecule has 0 aromatic heterocycles. The van der Waals surface area contributed by atoms with E-state index in [4.69, 9.17) is 9.47 Å². The summed E-state index contributed by atoms with van der Waals surface area (Å²) in [5.41, 5.74) is 0.840. The van der Waals surface area contributed by atoms with Gasteiger partial charge in [0.2, 0.25) is 0 Å². The van der Waals surface area contributed by atoms with Crippen LogP contribution >= 0.6 is 0 Å². The summed E-state index contributed by atoms with van der Waals surface area (Å²) < 4.78 is 27.5. The molecule has 1 aliphatic rings. The lowest BCUT2D eigenvalue weighted by Gasteiger charge is -2.17. The number of nitrogens with zero attached hydrogens (tertiary/aromatic N) is 1. The first-order chi connectivity index (χ1) is 18.9. The van der Waals surface area contributed by atoms with Crippen LogP contribution in [0.25, 0.3) is 10.8 Å². The number of halogens is 1. The monoisotopic (exact) mass is 527 g/mol. The number of hydrogen-bond donors (Lipinski definition) is 1. The van der Waals surface area contributed by atoms with Crippen molar-refractivity contribution in [3.8, 4) is 11.5 Å². The fraction of sp³-hybridized carbons (Fsp3) is 0.194. The Balaban J connectivity index is 1.66. The van der Waals surface area contributed by atoms with E-state index in [9.17, 15) is 19.5 Å². The molecule has 1 N–H and O–H groups in total. The zero-order valence-corrected chi connectivity index (χ0v) is 21.4. The highest BCUT2D eigenvalue weighted by atomic mass is 19.1. The maximum Gasteiger partial charge on any atom is 0.310 e. The van der Waals surface area contributed by atoms with Gasteiger partial charge in [-0.05, 0) is 36.6 Å². The summed E-state index contributed by atoms with van der Waals surface area (Å²) >= 11 is 0. The molecule has 0 bridgehead atoms. The molecule has 5 rings (SSSR count). The Labute approximate surface area is 224 Å². The molecule has 0 fully saturated rings. The number of imide groups is 1. The Morgan fingerprint density at radius 2 is 1.46 bits per heavy atom. The van der Waals surface area contributed by atoms with Gasteiger partial charge in [-0.2, -0.15) is 0 Å². The maximum atomic E-state index is 15.4. The average molecular weight is 528 g/mol. The van der Waals surface area contributed by atoms with Crippen molar-refractivity contribution in [2.24, 2.45) is 0 Å². The number of fused-ring (bicyclic) bond motifs is 2. The first kappa shape index (κ1) is 25.9. The van der Waals surface area contributed by atoms with Crippen molar-refractivity contribution in [1.82, 2.24) is 0 Å². The van der Waals surface area contributed by atoms with Crippen molar-refractivity contribution in [2.45, 2.75) is 32.8 Å². The molecular weight excluding hydrogens is 501 g/mol. The highest BCUT2D eigenvalue weighted by Crippen LogP contribution is 2.46. The van der Waals surface area contributed by atoms with E-state index in [1.54, 1.807) is 38.1 Å². The number of carbonyl (C=O) groups is 3. The quantitative estimate of drug-likeness (QED) is 0.256. The van der Waals surface area contributed by atoms with E-state index >= 15 is 4.39 Å². The molecule has 0 radical (unpaired) electrons. The highest BCUT2D eigenvalue weighted by Gasteiger charge is 2.44. The lowest BCUT2D eigenvalue weighted by Crippen LogP contribution is -2.30. The van der Waals surface area contributed by atoms with Gasteiger partial charge in [0.25, 0.3) is 11.8 Å². The molecule has 39 heavy (non-hydrogen) atoms. The van der Waals surface area contributed by atoms with Crippen LogP contribution in [0.2, 0.25) is 0 Å². The van der Waals surface area contributed by atoms with Gasteiger partial charge in [-0.1, -0.05) is 67.6 Å². The van der Waals surface area contributed by atoms with Gasteiger partial charge in [0.1, 0.15) is 23.9 Å². The zero-order valence-electron chi connectivity index (χ0n) is 21.4. The van der Waals surface area contributed by atoms with E-state index in [0.29, 0.717) is 10.8 Å². The number of amides is 2. The van der Waals surface area contributed by atoms with Gasteiger partial charge in [-0.15, -0.1) is 0 Å². The Morgan fingerprint density at radius 3 is 2.00 bits per heavy atom. The van der Waals surface area contributed by atoms with E-state index in [1.807, 2.05) is 30.3 Å². The smallest absolute Gasteiger partial charge is 0.310 e. The molecule has 4 aromatic rings. The van der Waals surface area contributed by atoms with E-state index < -0.39 is 29.5 Å². The predicted octanol–water partition coefficient (Wildman–Crippen LogP) is 6.34. The second-order valence-electron chi connectivity index (χ2n) is 9.12. The summed E-state index contributed by atoms with van der Waals surface area (Å²) in [5, 5.41) is 10.6. The first-order valence-electron chi connectivity index (χ1n) is 12.7. The number of benzene rings is 4. The molecule has 198 valence electrons. The minimum absolute atomic E-state index is 0.00136. The standard InChI is InChI=1S/C31H26FNO6/c1-3-20(31(36)37)19-14-15-24(23(32)16-19)33-29(34)25-26(30(33)35)28(39-17-18-10-6-5-7-11-18)22-13-9-8-12-21(22)27(25)38-4-2/h5-16,20H,3-4,17H2,1-2H3,(H,36,37). The number of hydrogen-bond acceptors (Lipinski definition) is 5. The summed E-state index contributed by atoms with van der Waals surface area (Å²) in [7, 11) is 0. The van der Waals surface area contributed by atoms with Gasteiger partial charge >= 0.3 is 5.97 Å². The molecule has 1 atom stereocenters. The van der Waals surface area contributed by atoms with Crippen LogP contribution in [0.4, 0.5) is 10.1 Å². The molecule has 0 saturated heterocycles. The molecule has 4 aromatic carbocycles. The summed E-state index contributed by atoms with van der Waals surface area (Å²) in [6.45, 7) is 3.83. The SMILES string of the molecule is CCOc1c2c(c(OCc3ccccc3)c3ccccc13)C(=O)N(c1ccc(C(CC)C(=O)O)cc1F)C2=O. The lowest BCUT2D eigenvalue weighted by molar-refractivity contribution is -0.138. The van der Waals surface area contributed by atoms with Crippen LogP contribution < -0.4 is 14.4 Å². The van der Waals surface area contributed by atoms with E-state index in [2.05, 4.69) is 0 Å². The Morgan fingerprint density at radius 1 is 0.872 bits per heavy atom. The summed E-state index contributed by atoms with van der Waals surface area (Å²) in [5.74, 6) is -3.93. The third-order valence-corrected chi connectivity index (χ3v) is 6.79. The van der Waals surface area contributed by atoms with Gasteiger partial charge < -0.3 is 14.6 Å². The van der Waals surface area contributed by atoms with Crippen molar-refractivity contribution in [3.63, 3.8) is 0 Å². The van der Waals surface area contributed by atoms with Crippen LogP contribution in [0.3, 0.4) is 0 Å². The van der Waals surface area contributed by atoms with Crippen LogP contribution in [0.15, 0.2) is 72.8 Å². The van der Waals surface area contributed by atoms with Gasteiger partial charge in [0.15, 0.2) is 0 Å². The van der Waals surface area contributed by atoms with E-state index in [-0.39, 0.29) is 53.5 Å². The Kier molecular flexibility index (Phi) is 7.02. The Bertz CT molecular complexity index is 1600. The molecule has 0 saturated carbocycles. The average Bonchev–Trinajstić information content (AvgIpc) is 3.19. The van der Waals surface area contributed by atoms with Crippen molar-refractivity contribution in [1.29, 1.82) is 0 Å². The molecule has 1 heterocycles. The lowest BCUT2D eigenvalue weighted by atomic mass is 9.96. The van der Waals surface area contributed by atoms with Gasteiger partial charge in [-0.25, -0.2) is 9.29 Å². The number of anilines is 1. The van der Waals surface area contributed by atoms with E-state index in [1.165, 1.54) is 12.1 Å². The van der Waals surface area contributed by atoms with E-state index in [0.717, 1.165) is 16.5 Å². The number of rotatable bonds is 9. The van der Waals surface area contributed by atoms with Gasteiger partial charge in [0.05, 0.1) is 29.3 Å². The highest BCUT2D eigenvalue weighted by molar-refractivity contribution is 6.38. The Hall–Kier alpha value is -4.72. The molecule has 0 spiro atoms. The maximum absolute atomic E-state index is 15.4. The zero-order chi connectivity index (χ0) is 27.7. The van der Waals surface area contributed by atoms with Crippen LogP contribution in [-0.4, -0.2) is 29.5 Å². The van der Waals surface area contributed by atoms with Crippen LogP contribution in [0.1, 0.15) is 58.0 Å². The topological polar surface area (TPSA) is 93.1 Å². The minimum atomic E-state index is -1.08. The minimum Gasteiger partial charge on any atom is -0.492 e. The normalized spacial score (nSPS) is 13.5. The fourth-order valence-electron chi connectivity index (χ4n) is 4.97. The molecule has 1 aliphatic heterocycles. The third kappa shape index (κ3) is 4.48. The largest absolute Gasteiger partial charge is 0.492 e. The summed E-state index contributed by atoms with van der Waals surface area (Å²) in [4.78, 5) is 40.1. The number of carboxylic acids is 1. The molecule has 7 nitrogen and oxygen atoms in total. The second kappa shape index (κ2) is 10.6. The summed E-state index contributed by atoms with van der Waals surface area (Å²) in [6.07, 6.45) is 0.257. The van der Waals surface area contributed by atoms with Crippen LogP contribution in [0.5, 0.6) is 11.5 Å². The van der Waals surface area contributed by atoms with Gasteiger partial charge in [-0.3, -0.25) is 14.4 Å². The van der Waals surface area contributed by atoms with Crippen molar-refractivity contribution < 1.29 is 33.4 Å². The van der Waals surface area contributed by atoms with Crippen molar-refractivity contribution in [3.05, 3.63) is 101 Å². The van der Waals surface area contributed by atoms with Crippen molar-refractivity contribution >= 4 is 34.2 Å². The fourth-order valence-corrected chi connectivity index (χ4v) is 4.97. The number of carboxylic acid groups (broad SMARTS) is 1. The van der Waals surface area contributed by atoms with Crippen molar-refractivity contribution in [2.75, 3.05) is 11.5 Å². The predicted molar refractivity (Wildman–Crippen MR) is 144 cm³/mol. The molecule has 0 aliphatic carbocycles. The summed E-state index contributed by atoms with van der Waals surface area (Å²) in [6, 6.07) is 20.3. The van der Waals surface area contributed by atoms with Crippen LogP contribution in [-0.2, 0) is 11.4 Å². The number of ether oxygens (including phenoxy) is 2. The molecular formula is C31H26FNO6. The number of carbonyl (C=O) groups excluding carboxylic acids is 2. The molecule has 1 unspecified atom stereocenters.